The molecule has 0 aliphatic carbocycles. The Bertz CT molecular complexity index is 830. The van der Waals surface area contributed by atoms with E-state index < -0.39 is 4.75 Å². The maximum atomic E-state index is 13.7. The molecule has 3 nitrogen and oxygen atoms in total. The van der Waals surface area contributed by atoms with E-state index in [4.69, 9.17) is 4.74 Å². The number of ether oxygens (including phenoxy) is 1. The highest BCUT2D eigenvalue weighted by atomic mass is 79.9. The fraction of sp³-hybridized carbons (Fsp3) is 0.350. The van der Waals surface area contributed by atoms with Gasteiger partial charge in [0.15, 0.2) is 5.78 Å². The summed E-state index contributed by atoms with van der Waals surface area (Å²) in [6.07, 6.45) is 2.41. The Morgan fingerprint density at radius 2 is 1.81 bits per heavy atom. The number of fused-ring (bicyclic) bond motifs is 1. The van der Waals surface area contributed by atoms with Crippen LogP contribution in [0.25, 0.3) is 0 Å². The van der Waals surface area contributed by atoms with Crippen molar-refractivity contribution in [2.75, 3.05) is 26.2 Å². The van der Waals surface area contributed by atoms with Crippen molar-refractivity contribution in [3.05, 3.63) is 57.0 Å². The van der Waals surface area contributed by atoms with E-state index in [0.717, 1.165) is 33.5 Å². The maximum Gasteiger partial charge on any atom is 0.187 e. The van der Waals surface area contributed by atoms with Crippen LogP contribution in [0.5, 0.6) is 5.75 Å². The molecule has 27 heavy (non-hydrogen) atoms. The lowest BCUT2D eigenvalue weighted by Crippen LogP contribution is -2.52. The quantitative estimate of drug-likeness (QED) is 0.494. The molecule has 2 heterocycles. The largest absolute Gasteiger partial charge is 0.490 e. The van der Waals surface area contributed by atoms with Crippen molar-refractivity contribution in [3.63, 3.8) is 0 Å². The Hall–Kier alpha value is -0.530. The Morgan fingerprint density at radius 3 is 2.52 bits per heavy atom. The average molecular weight is 534 g/mol. The summed E-state index contributed by atoms with van der Waals surface area (Å²) in [7, 11) is 0. The fourth-order valence-electron chi connectivity index (χ4n) is 3.62. The van der Waals surface area contributed by atoms with Crippen LogP contribution in [0, 0.1) is 0 Å². The van der Waals surface area contributed by atoms with E-state index in [1.54, 1.807) is 11.8 Å². The van der Waals surface area contributed by atoms with E-state index in [9.17, 15) is 4.79 Å². The van der Waals surface area contributed by atoms with Crippen molar-refractivity contribution in [1.29, 1.82) is 0 Å². The van der Waals surface area contributed by atoms with Crippen LogP contribution >= 0.6 is 56.0 Å². The minimum Gasteiger partial charge on any atom is -0.490 e. The molecule has 0 N–H and O–H groups in total. The van der Waals surface area contributed by atoms with Gasteiger partial charge in [0.05, 0.1) is 10.0 Å². The van der Waals surface area contributed by atoms with Crippen LogP contribution in [-0.4, -0.2) is 41.7 Å². The number of nitrogens with zero attached hydrogens (tertiary/aromatic N) is 1. The predicted molar refractivity (Wildman–Crippen MR) is 120 cm³/mol. The van der Waals surface area contributed by atoms with Gasteiger partial charge >= 0.3 is 0 Å². The molecule has 2 aromatic rings. The van der Waals surface area contributed by atoms with Gasteiger partial charge in [-0.2, -0.15) is 0 Å². The lowest BCUT2D eigenvalue weighted by molar-refractivity contribution is 0.0831. The van der Waals surface area contributed by atoms with Crippen molar-refractivity contribution < 1.29 is 9.53 Å². The number of hydrogen-bond acceptors (Lipinski definition) is 4. The second-order valence-electron chi connectivity index (χ2n) is 6.77. The first-order valence-corrected chi connectivity index (χ1v) is 11.1. The van der Waals surface area contributed by atoms with Crippen LogP contribution in [-0.2, 0) is 0 Å². The first kappa shape index (κ1) is 21.2. The topological polar surface area (TPSA) is 29.5 Å². The molecule has 1 atom stereocenters. The molecule has 0 spiro atoms. The standard InChI is InChI=1S/C20H19Br2NO2S.ClH/c21-14-10-16-18(17(22)11-14)25-13-20(19(16)24,12-23-8-4-5-9-23)26-15-6-2-1-3-7-15;/h1-3,6-7,10-11H,4-5,8-9,12-13H2;1H. The van der Waals surface area contributed by atoms with E-state index in [1.165, 1.54) is 12.8 Å². The third kappa shape index (κ3) is 4.40. The Labute approximate surface area is 186 Å². The lowest BCUT2D eigenvalue weighted by Gasteiger charge is -2.38. The molecule has 144 valence electrons. The molecule has 1 saturated heterocycles. The molecular formula is C20H20Br2ClNO2S. The number of benzene rings is 2. The molecule has 2 aliphatic rings. The van der Waals surface area contributed by atoms with E-state index in [0.29, 0.717) is 17.9 Å². The minimum atomic E-state index is -0.626. The summed E-state index contributed by atoms with van der Waals surface area (Å²) >= 11 is 8.67. The number of hydrogen-bond donors (Lipinski definition) is 0. The molecule has 2 aliphatic heterocycles. The summed E-state index contributed by atoms with van der Waals surface area (Å²) in [5.74, 6) is 0.811. The summed E-state index contributed by atoms with van der Waals surface area (Å²) < 4.78 is 7.21. The van der Waals surface area contributed by atoms with Crippen LogP contribution < -0.4 is 4.74 Å². The Kier molecular flexibility index (Phi) is 6.96. The summed E-state index contributed by atoms with van der Waals surface area (Å²) in [4.78, 5) is 17.2. The highest BCUT2D eigenvalue weighted by molar-refractivity contribution is 9.11. The number of rotatable bonds is 4. The number of ketones is 1. The first-order chi connectivity index (χ1) is 12.6. The number of Topliss-reactive ketones (excluding diaryl/α,β-unsaturated/α-hetero) is 1. The minimum absolute atomic E-state index is 0. The molecule has 7 heteroatoms. The number of halogens is 3. The number of likely N-dealkylation sites (tertiary alicyclic amines) is 1. The second-order valence-corrected chi connectivity index (χ2v) is 10.0. The zero-order valence-corrected chi connectivity index (χ0v) is 19.4. The molecular weight excluding hydrogens is 514 g/mol. The normalized spacial score (nSPS) is 22.1. The third-order valence-electron chi connectivity index (χ3n) is 4.85. The van der Waals surface area contributed by atoms with Gasteiger partial charge in [-0.15, -0.1) is 24.2 Å². The van der Waals surface area contributed by atoms with Gasteiger partial charge in [-0.05, 0) is 66.1 Å². The van der Waals surface area contributed by atoms with Gasteiger partial charge in [0.1, 0.15) is 17.1 Å². The Balaban J connectivity index is 0.00000210. The summed E-state index contributed by atoms with van der Waals surface area (Å²) in [5.41, 5.74) is 0.653. The molecule has 1 fully saturated rings. The van der Waals surface area contributed by atoms with E-state index in [-0.39, 0.29) is 18.2 Å². The van der Waals surface area contributed by atoms with Gasteiger partial charge in [-0.25, -0.2) is 0 Å². The van der Waals surface area contributed by atoms with Crippen molar-refractivity contribution in [3.8, 4) is 5.75 Å². The summed E-state index contributed by atoms with van der Waals surface area (Å²) in [6, 6.07) is 14.0. The monoisotopic (exact) mass is 531 g/mol. The van der Waals surface area contributed by atoms with Crippen molar-refractivity contribution in [2.24, 2.45) is 0 Å². The third-order valence-corrected chi connectivity index (χ3v) is 7.23. The van der Waals surface area contributed by atoms with Crippen LogP contribution in [0.3, 0.4) is 0 Å². The van der Waals surface area contributed by atoms with Gasteiger partial charge in [-0.3, -0.25) is 4.79 Å². The van der Waals surface area contributed by atoms with Crippen LogP contribution in [0.15, 0.2) is 56.3 Å². The fourth-order valence-corrected chi connectivity index (χ4v) is 6.27. The van der Waals surface area contributed by atoms with E-state index in [1.807, 2.05) is 30.3 Å². The molecule has 0 radical (unpaired) electrons. The van der Waals surface area contributed by atoms with Gasteiger partial charge in [0.25, 0.3) is 0 Å². The van der Waals surface area contributed by atoms with Gasteiger partial charge in [0.2, 0.25) is 0 Å². The van der Waals surface area contributed by atoms with Crippen molar-refractivity contribution in [1.82, 2.24) is 4.90 Å². The molecule has 0 bridgehead atoms. The number of thioether (sulfide) groups is 1. The predicted octanol–water partition coefficient (Wildman–Crippen LogP) is 5.84. The molecule has 0 saturated carbocycles. The SMILES string of the molecule is Cl.O=C1c2cc(Br)cc(Br)c2OCC1(CN1CCCC1)Sc1ccccc1. The highest BCUT2D eigenvalue weighted by Crippen LogP contribution is 2.45. The lowest BCUT2D eigenvalue weighted by atomic mass is 9.93. The van der Waals surface area contributed by atoms with Gasteiger partial charge < -0.3 is 9.64 Å². The van der Waals surface area contributed by atoms with E-state index in [2.05, 4.69) is 48.9 Å². The highest BCUT2D eigenvalue weighted by Gasteiger charge is 2.47. The molecule has 2 aromatic carbocycles. The number of carbonyl (C=O) groups excluding carboxylic acids is 1. The first-order valence-electron chi connectivity index (χ1n) is 8.70. The summed E-state index contributed by atoms with van der Waals surface area (Å²) in [6.45, 7) is 3.21. The van der Waals surface area contributed by atoms with Crippen LogP contribution in [0.2, 0.25) is 0 Å². The summed E-state index contributed by atoms with van der Waals surface area (Å²) in [5, 5.41) is 0. The molecule has 0 amide bonds. The second kappa shape index (κ2) is 8.87. The number of carbonyl (C=O) groups is 1. The van der Waals surface area contributed by atoms with E-state index >= 15 is 0 Å². The van der Waals surface area contributed by atoms with Gasteiger partial charge in [-0.1, -0.05) is 34.1 Å². The smallest absolute Gasteiger partial charge is 0.187 e. The average Bonchev–Trinajstić information content (AvgIpc) is 3.12. The van der Waals surface area contributed by atoms with Gasteiger partial charge in [0, 0.05) is 15.9 Å². The van der Waals surface area contributed by atoms with Crippen molar-refractivity contribution in [2.45, 2.75) is 22.5 Å². The maximum absolute atomic E-state index is 13.7. The van der Waals surface area contributed by atoms with Crippen molar-refractivity contribution >= 4 is 61.8 Å². The molecule has 1 unspecified atom stereocenters. The zero-order chi connectivity index (χ0) is 18.1. The Morgan fingerprint density at radius 1 is 1.11 bits per heavy atom. The molecule has 0 aromatic heterocycles. The van der Waals surface area contributed by atoms with Crippen LogP contribution in [0.1, 0.15) is 23.2 Å². The molecule has 4 rings (SSSR count). The van der Waals surface area contributed by atoms with Crippen LogP contribution in [0.4, 0.5) is 0 Å². The zero-order valence-electron chi connectivity index (χ0n) is 14.6.